The lowest BCUT2D eigenvalue weighted by atomic mass is 9.96. The molecule has 0 aliphatic carbocycles. The summed E-state index contributed by atoms with van der Waals surface area (Å²) in [5, 5.41) is 4.29. The van der Waals surface area contributed by atoms with Gasteiger partial charge in [-0.05, 0) is 50.9 Å². The number of halogens is 1. The lowest BCUT2D eigenvalue weighted by molar-refractivity contribution is 0.170. The largest absolute Gasteiger partial charge is 0.321 e. The van der Waals surface area contributed by atoms with Gasteiger partial charge in [-0.2, -0.15) is 0 Å². The fraction of sp³-hybridized carbons (Fsp3) is 0.800. The van der Waals surface area contributed by atoms with E-state index in [2.05, 4.69) is 29.0 Å². The second-order valence-electron chi connectivity index (χ2n) is 6.33. The van der Waals surface area contributed by atoms with Crippen molar-refractivity contribution in [1.29, 1.82) is 0 Å². The van der Waals surface area contributed by atoms with Crippen LogP contribution in [0.1, 0.15) is 32.5 Å². The van der Waals surface area contributed by atoms with Crippen LogP contribution >= 0.6 is 11.6 Å². The maximum atomic E-state index is 6.03. The highest BCUT2D eigenvalue weighted by molar-refractivity contribution is 6.29. The number of imidazole rings is 1. The first-order valence-corrected chi connectivity index (χ1v) is 8.03. The predicted octanol–water partition coefficient (Wildman–Crippen LogP) is 2.53. The van der Waals surface area contributed by atoms with Gasteiger partial charge in [0.05, 0.1) is 12.7 Å². The number of aromatic nitrogens is 2. The van der Waals surface area contributed by atoms with Crippen LogP contribution in [0.25, 0.3) is 0 Å². The molecule has 1 N–H and O–H groups in total. The SMILES string of the molecule is CC(C)CNCC1CCN(Cc2ncc(Cl)n2C)CC1. The van der Waals surface area contributed by atoms with Crippen LogP contribution in [-0.2, 0) is 13.6 Å². The Balaban J connectivity index is 1.70. The molecule has 0 radical (unpaired) electrons. The molecule has 1 saturated heterocycles. The van der Waals surface area contributed by atoms with Crippen LogP contribution in [0.15, 0.2) is 6.20 Å². The van der Waals surface area contributed by atoms with Gasteiger partial charge in [0.15, 0.2) is 0 Å². The zero-order valence-electron chi connectivity index (χ0n) is 12.9. The topological polar surface area (TPSA) is 33.1 Å². The molecule has 20 heavy (non-hydrogen) atoms. The Bertz CT molecular complexity index is 408. The van der Waals surface area contributed by atoms with Crippen molar-refractivity contribution in [2.45, 2.75) is 33.2 Å². The molecular formula is C15H27ClN4. The van der Waals surface area contributed by atoms with E-state index in [9.17, 15) is 0 Å². The van der Waals surface area contributed by atoms with Crippen LogP contribution in [0, 0.1) is 11.8 Å². The van der Waals surface area contributed by atoms with Gasteiger partial charge in [0, 0.05) is 7.05 Å². The van der Waals surface area contributed by atoms with Crippen molar-refractivity contribution < 1.29 is 0 Å². The molecule has 2 rings (SSSR count). The van der Waals surface area contributed by atoms with E-state index in [0.29, 0.717) is 5.15 Å². The number of likely N-dealkylation sites (tertiary alicyclic amines) is 1. The Labute approximate surface area is 127 Å². The van der Waals surface area contributed by atoms with Crippen LogP contribution in [0.2, 0.25) is 5.15 Å². The molecule has 5 heteroatoms. The number of piperidine rings is 1. The molecule has 0 bridgehead atoms. The number of hydrogen-bond donors (Lipinski definition) is 1. The Kier molecular flexibility index (Phi) is 5.87. The van der Waals surface area contributed by atoms with Crippen molar-refractivity contribution in [3.8, 4) is 0 Å². The van der Waals surface area contributed by atoms with Gasteiger partial charge in [-0.25, -0.2) is 4.98 Å². The quantitative estimate of drug-likeness (QED) is 0.876. The van der Waals surface area contributed by atoms with Gasteiger partial charge in [0.25, 0.3) is 0 Å². The number of nitrogens with one attached hydrogen (secondary N) is 1. The first-order chi connectivity index (χ1) is 9.56. The lowest BCUT2D eigenvalue weighted by Crippen LogP contribution is -2.38. The molecule has 0 amide bonds. The number of nitrogens with zero attached hydrogens (tertiary/aromatic N) is 3. The molecule has 2 heterocycles. The van der Waals surface area contributed by atoms with Crippen molar-refractivity contribution in [1.82, 2.24) is 19.8 Å². The molecule has 0 unspecified atom stereocenters. The third-order valence-electron chi connectivity index (χ3n) is 4.09. The van der Waals surface area contributed by atoms with Crippen LogP contribution in [0.5, 0.6) is 0 Å². The van der Waals surface area contributed by atoms with Crippen molar-refractivity contribution in [2.75, 3.05) is 26.2 Å². The highest BCUT2D eigenvalue weighted by Gasteiger charge is 2.20. The molecule has 0 saturated carbocycles. The fourth-order valence-corrected chi connectivity index (χ4v) is 2.84. The normalized spacial score (nSPS) is 18.1. The van der Waals surface area contributed by atoms with Gasteiger partial charge in [0.1, 0.15) is 11.0 Å². The maximum absolute atomic E-state index is 6.03. The number of rotatable bonds is 6. The van der Waals surface area contributed by atoms with E-state index in [-0.39, 0.29) is 0 Å². The van der Waals surface area contributed by atoms with Gasteiger partial charge < -0.3 is 9.88 Å². The van der Waals surface area contributed by atoms with Crippen LogP contribution < -0.4 is 5.32 Å². The van der Waals surface area contributed by atoms with Crippen molar-refractivity contribution >= 4 is 11.6 Å². The summed E-state index contributed by atoms with van der Waals surface area (Å²) in [6.45, 7) is 10.1. The summed E-state index contributed by atoms with van der Waals surface area (Å²) >= 11 is 6.03. The van der Waals surface area contributed by atoms with Gasteiger partial charge in [-0.3, -0.25) is 4.90 Å². The highest BCUT2D eigenvalue weighted by Crippen LogP contribution is 2.19. The second kappa shape index (κ2) is 7.43. The van der Waals surface area contributed by atoms with E-state index in [1.807, 2.05) is 11.6 Å². The standard InChI is InChI=1S/C15H27ClN4/c1-12(2)8-17-9-13-4-6-20(7-5-13)11-15-18-10-14(16)19(15)3/h10,12-13,17H,4-9,11H2,1-3H3. The summed E-state index contributed by atoms with van der Waals surface area (Å²) < 4.78 is 1.97. The van der Waals surface area contributed by atoms with Crippen LogP contribution in [0.4, 0.5) is 0 Å². The minimum Gasteiger partial charge on any atom is -0.321 e. The zero-order chi connectivity index (χ0) is 14.5. The second-order valence-corrected chi connectivity index (χ2v) is 6.72. The summed E-state index contributed by atoms with van der Waals surface area (Å²) in [4.78, 5) is 6.86. The van der Waals surface area contributed by atoms with E-state index < -0.39 is 0 Å². The summed E-state index contributed by atoms with van der Waals surface area (Å²) in [7, 11) is 1.98. The molecule has 1 aliphatic heterocycles. The zero-order valence-corrected chi connectivity index (χ0v) is 13.7. The average Bonchev–Trinajstić information content (AvgIpc) is 2.72. The van der Waals surface area contributed by atoms with Crippen molar-refractivity contribution in [2.24, 2.45) is 18.9 Å². The molecule has 1 aromatic heterocycles. The van der Waals surface area contributed by atoms with E-state index >= 15 is 0 Å². The number of hydrogen-bond acceptors (Lipinski definition) is 3. The molecule has 1 fully saturated rings. The summed E-state index contributed by atoms with van der Waals surface area (Å²) in [6, 6.07) is 0. The van der Waals surface area contributed by atoms with E-state index in [0.717, 1.165) is 30.7 Å². The van der Waals surface area contributed by atoms with Gasteiger partial charge in [-0.15, -0.1) is 0 Å². The van der Waals surface area contributed by atoms with E-state index in [1.165, 1.54) is 32.5 Å². The minimum atomic E-state index is 0.716. The Morgan fingerprint density at radius 1 is 1.40 bits per heavy atom. The molecule has 1 aromatic rings. The van der Waals surface area contributed by atoms with Crippen molar-refractivity contribution in [3.05, 3.63) is 17.2 Å². The smallest absolute Gasteiger partial charge is 0.128 e. The summed E-state index contributed by atoms with van der Waals surface area (Å²) in [5.41, 5.74) is 0. The maximum Gasteiger partial charge on any atom is 0.128 e. The van der Waals surface area contributed by atoms with Crippen molar-refractivity contribution in [3.63, 3.8) is 0 Å². The van der Waals surface area contributed by atoms with E-state index in [4.69, 9.17) is 11.6 Å². The molecule has 0 atom stereocenters. The average molecular weight is 299 g/mol. The van der Waals surface area contributed by atoms with Crippen LogP contribution in [-0.4, -0.2) is 40.6 Å². The molecule has 1 aliphatic rings. The molecule has 4 nitrogen and oxygen atoms in total. The van der Waals surface area contributed by atoms with Gasteiger partial charge in [-0.1, -0.05) is 25.4 Å². The monoisotopic (exact) mass is 298 g/mol. The molecule has 0 aromatic carbocycles. The first-order valence-electron chi connectivity index (χ1n) is 7.65. The van der Waals surface area contributed by atoms with E-state index in [1.54, 1.807) is 6.20 Å². The fourth-order valence-electron chi connectivity index (χ4n) is 2.70. The van der Waals surface area contributed by atoms with Gasteiger partial charge >= 0.3 is 0 Å². The molecule has 0 spiro atoms. The minimum absolute atomic E-state index is 0.716. The third kappa shape index (κ3) is 4.47. The molecular weight excluding hydrogens is 272 g/mol. The summed E-state index contributed by atoms with van der Waals surface area (Å²) in [5.74, 6) is 2.63. The first kappa shape index (κ1) is 15.8. The summed E-state index contributed by atoms with van der Waals surface area (Å²) in [6.07, 6.45) is 4.30. The van der Waals surface area contributed by atoms with Gasteiger partial charge in [0.2, 0.25) is 0 Å². The third-order valence-corrected chi connectivity index (χ3v) is 4.44. The Hall–Kier alpha value is -0.580. The predicted molar refractivity (Wildman–Crippen MR) is 83.9 cm³/mol. The lowest BCUT2D eigenvalue weighted by Gasteiger charge is -2.31. The highest BCUT2D eigenvalue weighted by atomic mass is 35.5. The van der Waals surface area contributed by atoms with Crippen LogP contribution in [0.3, 0.4) is 0 Å². The Morgan fingerprint density at radius 2 is 2.10 bits per heavy atom. The molecule has 114 valence electrons. The Morgan fingerprint density at radius 3 is 2.65 bits per heavy atom.